The molecule has 9 heteroatoms. The van der Waals surface area contributed by atoms with Crippen LogP contribution in [0.4, 0.5) is 5.69 Å². The zero-order chi connectivity index (χ0) is 20.9. The first kappa shape index (κ1) is 21.7. The monoisotopic (exact) mass is 456 g/mol. The summed E-state index contributed by atoms with van der Waals surface area (Å²) in [7, 11) is -3.83. The third-order valence-electron chi connectivity index (χ3n) is 4.64. The van der Waals surface area contributed by atoms with Crippen molar-refractivity contribution in [1.29, 1.82) is 0 Å². The van der Waals surface area contributed by atoms with E-state index in [2.05, 4.69) is 10.0 Å². The summed E-state index contributed by atoms with van der Waals surface area (Å²) < 4.78 is 33.0. The molecule has 2 aromatic carbocycles. The maximum Gasteiger partial charge on any atom is 0.261 e. The van der Waals surface area contributed by atoms with E-state index in [0.29, 0.717) is 10.7 Å². The van der Waals surface area contributed by atoms with Crippen LogP contribution in [0.3, 0.4) is 0 Å². The number of anilines is 1. The molecule has 1 fully saturated rings. The molecule has 0 unspecified atom stereocenters. The van der Waals surface area contributed by atoms with Crippen molar-refractivity contribution >= 4 is 44.8 Å². The summed E-state index contributed by atoms with van der Waals surface area (Å²) in [6.45, 7) is -0.175. The molecule has 156 valence electrons. The molecule has 0 spiro atoms. The summed E-state index contributed by atoms with van der Waals surface area (Å²) in [5.74, 6) is 0.0324. The predicted octanol–water partition coefficient (Wildman–Crippen LogP) is 4.62. The second-order valence-electron chi connectivity index (χ2n) is 6.90. The van der Waals surface area contributed by atoms with E-state index in [1.165, 1.54) is 24.6 Å². The normalized spacial score (nSPS) is 15.0. The Morgan fingerprint density at radius 2 is 1.72 bits per heavy atom. The van der Waals surface area contributed by atoms with E-state index in [1.54, 1.807) is 24.3 Å². The molecule has 1 amide bonds. The minimum atomic E-state index is -3.83. The first-order chi connectivity index (χ1) is 13.8. The second-order valence-corrected chi connectivity index (χ2v) is 9.42. The van der Waals surface area contributed by atoms with Gasteiger partial charge in [0.25, 0.3) is 15.9 Å². The average Bonchev–Trinajstić information content (AvgIpc) is 2.69. The van der Waals surface area contributed by atoms with E-state index in [4.69, 9.17) is 27.9 Å². The quantitative estimate of drug-likeness (QED) is 0.636. The minimum Gasteiger partial charge on any atom is -0.482 e. The van der Waals surface area contributed by atoms with E-state index in [0.717, 1.165) is 25.7 Å². The molecule has 0 radical (unpaired) electrons. The zero-order valence-electron chi connectivity index (χ0n) is 15.7. The highest BCUT2D eigenvalue weighted by Crippen LogP contribution is 2.28. The lowest BCUT2D eigenvalue weighted by Crippen LogP contribution is -2.39. The molecule has 3 rings (SSSR count). The van der Waals surface area contributed by atoms with Gasteiger partial charge in [0.05, 0.1) is 9.92 Å². The van der Waals surface area contributed by atoms with Gasteiger partial charge in [-0.05, 0) is 55.3 Å². The molecule has 2 aromatic rings. The summed E-state index contributed by atoms with van der Waals surface area (Å²) in [5.41, 5.74) is 0.380. The van der Waals surface area contributed by atoms with Crippen LogP contribution in [0.25, 0.3) is 0 Å². The number of ether oxygens (including phenoxy) is 1. The van der Waals surface area contributed by atoms with Gasteiger partial charge in [-0.25, -0.2) is 8.42 Å². The standard InChI is InChI=1S/C20H22Cl2N2O4S/c21-14-6-8-16(9-7-14)24-29(26,27)17-10-11-19(18(22)12-17)28-13-20(25)23-15-4-2-1-3-5-15/h6-12,15,24H,1-5,13H2,(H,23,25). The summed E-state index contributed by atoms with van der Waals surface area (Å²) >= 11 is 12.0. The van der Waals surface area contributed by atoms with Crippen molar-refractivity contribution in [1.82, 2.24) is 5.32 Å². The lowest BCUT2D eigenvalue weighted by molar-refractivity contribution is -0.124. The molecule has 1 aliphatic carbocycles. The van der Waals surface area contributed by atoms with Gasteiger partial charge in [0.1, 0.15) is 5.75 Å². The summed E-state index contributed by atoms with van der Waals surface area (Å²) in [5, 5.41) is 3.56. The highest BCUT2D eigenvalue weighted by atomic mass is 35.5. The molecule has 0 bridgehead atoms. The third kappa shape index (κ3) is 6.26. The number of sulfonamides is 1. The Bertz CT molecular complexity index is 959. The first-order valence-corrected chi connectivity index (χ1v) is 11.6. The van der Waals surface area contributed by atoms with E-state index < -0.39 is 10.0 Å². The molecule has 0 saturated heterocycles. The third-order valence-corrected chi connectivity index (χ3v) is 6.57. The van der Waals surface area contributed by atoms with Crippen molar-refractivity contribution in [3.8, 4) is 5.75 Å². The van der Waals surface area contributed by atoms with Crippen LogP contribution < -0.4 is 14.8 Å². The zero-order valence-corrected chi connectivity index (χ0v) is 18.0. The van der Waals surface area contributed by atoms with Crippen LogP contribution in [0.1, 0.15) is 32.1 Å². The SMILES string of the molecule is O=C(COc1ccc(S(=O)(=O)Nc2ccc(Cl)cc2)cc1Cl)NC1CCCCC1. The van der Waals surface area contributed by atoms with Gasteiger partial charge in [-0.2, -0.15) is 0 Å². The number of carbonyl (C=O) groups excluding carboxylic acids is 1. The summed E-state index contributed by atoms with van der Waals surface area (Å²) in [6.07, 6.45) is 5.43. The number of carbonyl (C=O) groups is 1. The van der Waals surface area contributed by atoms with Crippen LogP contribution in [0.2, 0.25) is 10.0 Å². The molecular formula is C20H22Cl2N2O4S. The fraction of sp³-hybridized carbons (Fsp3) is 0.350. The van der Waals surface area contributed by atoms with Crippen LogP contribution in [-0.2, 0) is 14.8 Å². The molecule has 2 N–H and O–H groups in total. The summed E-state index contributed by atoms with van der Waals surface area (Å²) in [4.78, 5) is 12.0. The van der Waals surface area contributed by atoms with E-state index in [-0.39, 0.29) is 34.2 Å². The smallest absolute Gasteiger partial charge is 0.261 e. The number of benzene rings is 2. The molecule has 1 aliphatic rings. The van der Waals surface area contributed by atoms with Crippen LogP contribution >= 0.6 is 23.2 Å². The van der Waals surface area contributed by atoms with Gasteiger partial charge in [0, 0.05) is 16.8 Å². The number of hydrogen-bond acceptors (Lipinski definition) is 4. The van der Waals surface area contributed by atoms with E-state index >= 15 is 0 Å². The van der Waals surface area contributed by atoms with Gasteiger partial charge in [-0.3, -0.25) is 9.52 Å². The molecule has 0 aromatic heterocycles. The summed E-state index contributed by atoms with van der Waals surface area (Å²) in [6, 6.07) is 10.6. The fourth-order valence-corrected chi connectivity index (χ4v) is 4.67. The van der Waals surface area contributed by atoms with E-state index in [9.17, 15) is 13.2 Å². The first-order valence-electron chi connectivity index (χ1n) is 9.33. The van der Waals surface area contributed by atoms with Gasteiger partial charge in [0.15, 0.2) is 6.61 Å². The van der Waals surface area contributed by atoms with Gasteiger partial charge in [-0.15, -0.1) is 0 Å². The van der Waals surface area contributed by atoms with Crippen LogP contribution in [0.15, 0.2) is 47.4 Å². The minimum absolute atomic E-state index is 0.0172. The number of rotatable bonds is 7. The van der Waals surface area contributed by atoms with Crippen molar-refractivity contribution in [3.63, 3.8) is 0 Å². The molecule has 0 atom stereocenters. The Kier molecular flexibility index (Phi) is 7.27. The molecule has 0 aliphatic heterocycles. The van der Waals surface area contributed by atoms with Crippen molar-refractivity contribution in [2.45, 2.75) is 43.0 Å². The Balaban J connectivity index is 1.60. The van der Waals surface area contributed by atoms with Crippen LogP contribution in [0, 0.1) is 0 Å². The van der Waals surface area contributed by atoms with Crippen molar-refractivity contribution in [2.75, 3.05) is 11.3 Å². The maximum atomic E-state index is 12.5. The Hall–Kier alpha value is -1.96. The highest BCUT2D eigenvalue weighted by Gasteiger charge is 2.18. The van der Waals surface area contributed by atoms with Crippen molar-refractivity contribution in [3.05, 3.63) is 52.5 Å². The van der Waals surface area contributed by atoms with Crippen molar-refractivity contribution < 1.29 is 17.9 Å². The van der Waals surface area contributed by atoms with Gasteiger partial charge < -0.3 is 10.1 Å². The molecule has 6 nitrogen and oxygen atoms in total. The predicted molar refractivity (Wildman–Crippen MR) is 114 cm³/mol. The Morgan fingerprint density at radius 3 is 2.38 bits per heavy atom. The molecule has 1 saturated carbocycles. The van der Waals surface area contributed by atoms with Crippen LogP contribution in [0.5, 0.6) is 5.75 Å². The van der Waals surface area contributed by atoms with Gasteiger partial charge in [-0.1, -0.05) is 42.5 Å². The molecule has 29 heavy (non-hydrogen) atoms. The lowest BCUT2D eigenvalue weighted by Gasteiger charge is -2.22. The Labute approximate surface area is 180 Å². The number of halogens is 2. The lowest BCUT2D eigenvalue weighted by atomic mass is 9.95. The number of amides is 1. The number of nitrogens with one attached hydrogen (secondary N) is 2. The molecular weight excluding hydrogens is 435 g/mol. The average molecular weight is 457 g/mol. The van der Waals surface area contributed by atoms with Gasteiger partial charge >= 0.3 is 0 Å². The molecule has 0 heterocycles. The van der Waals surface area contributed by atoms with Gasteiger partial charge in [0.2, 0.25) is 0 Å². The van der Waals surface area contributed by atoms with Crippen molar-refractivity contribution in [2.24, 2.45) is 0 Å². The number of hydrogen-bond donors (Lipinski definition) is 2. The van der Waals surface area contributed by atoms with Crippen LogP contribution in [-0.4, -0.2) is 27.0 Å². The topological polar surface area (TPSA) is 84.5 Å². The highest BCUT2D eigenvalue weighted by molar-refractivity contribution is 7.92. The largest absolute Gasteiger partial charge is 0.482 e. The Morgan fingerprint density at radius 1 is 1.03 bits per heavy atom. The second kappa shape index (κ2) is 9.69. The van der Waals surface area contributed by atoms with E-state index in [1.807, 2.05) is 0 Å². The maximum absolute atomic E-state index is 12.5. The fourth-order valence-electron chi connectivity index (χ4n) is 3.16.